The molecule has 1 heterocycles. The smallest absolute Gasteiger partial charge is 0.129 e. The summed E-state index contributed by atoms with van der Waals surface area (Å²) in [6.07, 6.45) is 0. The molecule has 2 aromatic rings. The first kappa shape index (κ1) is 9.32. The molecule has 2 nitrogen and oxygen atoms in total. The van der Waals surface area contributed by atoms with Crippen LogP contribution in [0.25, 0.3) is 10.1 Å². The fraction of sp³-hybridized carbons (Fsp3) is 0.100. The van der Waals surface area contributed by atoms with Crippen molar-refractivity contribution in [1.29, 1.82) is 5.26 Å². The van der Waals surface area contributed by atoms with Gasteiger partial charge in [-0.3, -0.25) is 0 Å². The zero-order valence-corrected chi connectivity index (χ0v) is 8.82. The second kappa shape index (κ2) is 3.49. The number of nitrogens with two attached hydrogens (primary N) is 1. The topological polar surface area (TPSA) is 49.8 Å². The summed E-state index contributed by atoms with van der Waals surface area (Å²) in [6.45, 7) is 0. The van der Waals surface area contributed by atoms with E-state index in [4.69, 9.17) is 22.6 Å². The second-order valence-corrected chi connectivity index (χ2v) is 4.17. The predicted molar refractivity (Wildman–Crippen MR) is 60.5 cm³/mol. The number of nitrogen functional groups attached to an aromatic ring is 1. The van der Waals surface area contributed by atoms with Crippen LogP contribution in [0.5, 0.6) is 0 Å². The minimum absolute atomic E-state index is 0.447. The average Bonchev–Trinajstić information content (AvgIpc) is 2.55. The average molecular weight is 223 g/mol. The SMILES string of the molecule is N#Cc1sc2c(CCl)cccc2c1N. The van der Waals surface area contributed by atoms with Crippen LogP contribution in [0.15, 0.2) is 18.2 Å². The van der Waals surface area contributed by atoms with Gasteiger partial charge in [-0.15, -0.1) is 22.9 Å². The van der Waals surface area contributed by atoms with E-state index in [0.717, 1.165) is 15.6 Å². The Balaban J connectivity index is 2.85. The van der Waals surface area contributed by atoms with E-state index in [2.05, 4.69) is 6.07 Å². The number of hydrogen-bond acceptors (Lipinski definition) is 3. The lowest BCUT2D eigenvalue weighted by atomic mass is 10.1. The molecule has 70 valence electrons. The summed E-state index contributed by atoms with van der Waals surface area (Å²) in [4.78, 5) is 0.567. The van der Waals surface area contributed by atoms with Crippen LogP contribution < -0.4 is 5.73 Å². The summed E-state index contributed by atoms with van der Waals surface area (Å²) in [5, 5.41) is 9.77. The molecule has 0 aliphatic rings. The molecule has 0 amide bonds. The van der Waals surface area contributed by atoms with Gasteiger partial charge in [0.1, 0.15) is 10.9 Å². The number of rotatable bonds is 1. The van der Waals surface area contributed by atoms with Crippen molar-refractivity contribution in [1.82, 2.24) is 0 Å². The van der Waals surface area contributed by atoms with Gasteiger partial charge in [0.05, 0.1) is 5.69 Å². The van der Waals surface area contributed by atoms with Gasteiger partial charge in [-0.1, -0.05) is 18.2 Å². The third-order valence-electron chi connectivity index (χ3n) is 2.08. The van der Waals surface area contributed by atoms with Gasteiger partial charge < -0.3 is 5.73 Å². The molecule has 0 aliphatic heterocycles. The molecule has 4 heteroatoms. The van der Waals surface area contributed by atoms with Gasteiger partial charge in [0.25, 0.3) is 0 Å². The Morgan fingerprint density at radius 3 is 2.93 bits per heavy atom. The van der Waals surface area contributed by atoms with E-state index in [-0.39, 0.29) is 0 Å². The van der Waals surface area contributed by atoms with E-state index in [1.165, 1.54) is 11.3 Å². The summed E-state index contributed by atoms with van der Waals surface area (Å²) < 4.78 is 1.02. The number of anilines is 1. The molecule has 0 fully saturated rings. The zero-order chi connectivity index (χ0) is 10.1. The second-order valence-electron chi connectivity index (χ2n) is 2.88. The molecular formula is C10H7ClN2S. The van der Waals surface area contributed by atoms with Crippen molar-refractivity contribution >= 4 is 38.7 Å². The van der Waals surface area contributed by atoms with Crippen molar-refractivity contribution in [2.45, 2.75) is 5.88 Å². The number of nitrogens with zero attached hydrogens (tertiary/aromatic N) is 1. The van der Waals surface area contributed by atoms with E-state index in [9.17, 15) is 0 Å². The number of halogens is 1. The number of fused-ring (bicyclic) bond motifs is 1. The van der Waals surface area contributed by atoms with Gasteiger partial charge in [-0.05, 0) is 5.56 Å². The summed E-state index contributed by atoms with van der Waals surface area (Å²) in [5.74, 6) is 0.447. The first-order valence-electron chi connectivity index (χ1n) is 4.04. The van der Waals surface area contributed by atoms with Gasteiger partial charge in [-0.25, -0.2) is 0 Å². The molecule has 0 spiro atoms. The van der Waals surface area contributed by atoms with Crippen molar-refractivity contribution in [3.8, 4) is 6.07 Å². The monoisotopic (exact) mass is 222 g/mol. The number of benzene rings is 1. The van der Waals surface area contributed by atoms with Crippen LogP contribution in [0.2, 0.25) is 0 Å². The molecule has 14 heavy (non-hydrogen) atoms. The minimum Gasteiger partial charge on any atom is -0.396 e. The molecule has 0 saturated carbocycles. The van der Waals surface area contributed by atoms with Gasteiger partial charge in [0.2, 0.25) is 0 Å². The van der Waals surface area contributed by atoms with Gasteiger partial charge in [-0.2, -0.15) is 5.26 Å². The molecule has 0 atom stereocenters. The van der Waals surface area contributed by atoms with E-state index in [0.29, 0.717) is 16.4 Å². The molecule has 0 saturated heterocycles. The van der Waals surface area contributed by atoms with Crippen LogP contribution in [0, 0.1) is 11.3 Å². The fourth-order valence-electron chi connectivity index (χ4n) is 1.39. The normalized spacial score (nSPS) is 10.3. The summed E-state index contributed by atoms with van der Waals surface area (Å²) in [7, 11) is 0. The first-order chi connectivity index (χ1) is 6.77. The molecule has 0 aliphatic carbocycles. The Bertz CT molecular complexity index is 525. The van der Waals surface area contributed by atoms with Crippen molar-refractivity contribution < 1.29 is 0 Å². The molecule has 0 bridgehead atoms. The molecule has 2 rings (SSSR count). The van der Waals surface area contributed by atoms with Crippen LogP contribution >= 0.6 is 22.9 Å². The zero-order valence-electron chi connectivity index (χ0n) is 7.25. The summed E-state index contributed by atoms with van der Waals surface area (Å²) >= 11 is 7.20. The molecule has 2 N–H and O–H groups in total. The van der Waals surface area contributed by atoms with E-state index < -0.39 is 0 Å². The van der Waals surface area contributed by atoms with E-state index in [1.807, 2.05) is 18.2 Å². The predicted octanol–water partition coefficient (Wildman–Crippen LogP) is 3.09. The first-order valence-corrected chi connectivity index (χ1v) is 5.39. The molecule has 1 aromatic carbocycles. The molecular weight excluding hydrogens is 216 g/mol. The lowest BCUT2D eigenvalue weighted by Gasteiger charge is -1.96. The highest BCUT2D eigenvalue weighted by molar-refractivity contribution is 7.20. The highest BCUT2D eigenvalue weighted by Gasteiger charge is 2.10. The molecule has 0 radical (unpaired) electrons. The quantitative estimate of drug-likeness (QED) is 0.754. The van der Waals surface area contributed by atoms with Crippen LogP contribution in [-0.4, -0.2) is 0 Å². The largest absolute Gasteiger partial charge is 0.396 e. The Morgan fingerprint density at radius 2 is 2.29 bits per heavy atom. The Morgan fingerprint density at radius 1 is 1.50 bits per heavy atom. The van der Waals surface area contributed by atoms with Crippen LogP contribution in [0.3, 0.4) is 0 Å². The highest BCUT2D eigenvalue weighted by Crippen LogP contribution is 2.35. The fourth-order valence-corrected chi connectivity index (χ4v) is 2.72. The number of alkyl halides is 1. The van der Waals surface area contributed by atoms with Crippen molar-refractivity contribution in [2.75, 3.05) is 5.73 Å². The Kier molecular flexibility index (Phi) is 2.32. The van der Waals surface area contributed by atoms with E-state index >= 15 is 0 Å². The lowest BCUT2D eigenvalue weighted by Crippen LogP contribution is -1.84. The molecule has 0 unspecified atom stereocenters. The lowest BCUT2D eigenvalue weighted by molar-refractivity contribution is 1.47. The number of nitriles is 1. The summed E-state index contributed by atoms with van der Waals surface area (Å²) in [5.41, 5.74) is 7.42. The Labute approximate surface area is 90.5 Å². The highest BCUT2D eigenvalue weighted by atomic mass is 35.5. The van der Waals surface area contributed by atoms with Crippen molar-refractivity contribution in [2.24, 2.45) is 0 Å². The maximum Gasteiger partial charge on any atom is 0.129 e. The van der Waals surface area contributed by atoms with Crippen molar-refractivity contribution in [3.63, 3.8) is 0 Å². The maximum absolute atomic E-state index is 8.83. The molecule has 1 aromatic heterocycles. The van der Waals surface area contributed by atoms with Crippen LogP contribution in [0.1, 0.15) is 10.4 Å². The van der Waals surface area contributed by atoms with Gasteiger partial charge >= 0.3 is 0 Å². The standard InChI is InChI=1S/C10H7ClN2S/c11-4-6-2-1-3-7-9(13)8(5-12)14-10(6)7/h1-3H,4,13H2. The minimum atomic E-state index is 0.447. The third-order valence-corrected chi connectivity index (χ3v) is 3.57. The van der Waals surface area contributed by atoms with E-state index in [1.54, 1.807) is 0 Å². The third kappa shape index (κ3) is 1.24. The van der Waals surface area contributed by atoms with Gasteiger partial charge in [0.15, 0.2) is 0 Å². The number of thiophene rings is 1. The van der Waals surface area contributed by atoms with Crippen LogP contribution in [-0.2, 0) is 5.88 Å². The maximum atomic E-state index is 8.83. The number of hydrogen-bond donors (Lipinski definition) is 1. The van der Waals surface area contributed by atoms with Gasteiger partial charge in [0, 0.05) is 16.0 Å². The summed E-state index contributed by atoms with van der Waals surface area (Å²) in [6, 6.07) is 7.86. The Hall–Kier alpha value is -1.24. The van der Waals surface area contributed by atoms with Crippen LogP contribution in [0.4, 0.5) is 5.69 Å². The van der Waals surface area contributed by atoms with Crippen molar-refractivity contribution in [3.05, 3.63) is 28.6 Å².